The van der Waals surface area contributed by atoms with Crippen LogP contribution in [0.3, 0.4) is 0 Å². The fourth-order valence-electron chi connectivity index (χ4n) is 8.37. The second-order valence-corrected chi connectivity index (χ2v) is 11.0. The molecule has 0 bridgehead atoms. The molecule has 4 nitrogen and oxygen atoms in total. The van der Waals surface area contributed by atoms with Gasteiger partial charge in [-0.1, -0.05) is 20.8 Å². The molecule has 0 N–H and O–H groups in total. The van der Waals surface area contributed by atoms with E-state index >= 15 is 0 Å². The third kappa shape index (κ3) is 3.20. The largest absolute Gasteiger partial charge is 0.466 e. The second-order valence-electron chi connectivity index (χ2n) is 11.0. The van der Waals surface area contributed by atoms with Gasteiger partial charge in [-0.15, -0.1) is 0 Å². The highest BCUT2D eigenvalue weighted by molar-refractivity contribution is 5.88. The molecule has 0 aromatic heterocycles. The molecule has 4 heteroatoms. The summed E-state index contributed by atoms with van der Waals surface area (Å²) >= 11 is 0. The highest BCUT2D eigenvalue weighted by Gasteiger charge is 2.64. The third-order valence-electron chi connectivity index (χ3n) is 9.94. The fraction of sp³-hybridized carbons (Fsp3) is 0.880. The minimum absolute atomic E-state index is 0.0629. The lowest BCUT2D eigenvalue weighted by molar-refractivity contribution is -0.169. The average Bonchev–Trinajstić information content (AvgIpc) is 3.00. The van der Waals surface area contributed by atoms with E-state index in [1.54, 1.807) is 0 Å². The summed E-state index contributed by atoms with van der Waals surface area (Å²) < 4.78 is 5.25. The molecule has 0 aromatic rings. The van der Waals surface area contributed by atoms with Crippen LogP contribution in [0.5, 0.6) is 0 Å². The van der Waals surface area contributed by atoms with Crippen LogP contribution in [0, 0.1) is 46.3 Å². The minimum Gasteiger partial charge on any atom is -0.466 e. The van der Waals surface area contributed by atoms with Crippen LogP contribution in [-0.4, -0.2) is 24.1 Å². The first-order valence-corrected chi connectivity index (χ1v) is 11.9. The molecular formula is C25H38O4. The molecule has 4 rings (SSSR count). The third-order valence-corrected chi connectivity index (χ3v) is 9.94. The zero-order chi connectivity index (χ0) is 21.0. The van der Waals surface area contributed by atoms with Crippen molar-refractivity contribution in [2.75, 3.05) is 6.61 Å². The van der Waals surface area contributed by atoms with Crippen LogP contribution in [0.2, 0.25) is 0 Å². The van der Waals surface area contributed by atoms with E-state index in [-0.39, 0.29) is 34.6 Å². The number of carbonyl (C=O) groups excluding carboxylic acids is 3. The second kappa shape index (κ2) is 7.50. The summed E-state index contributed by atoms with van der Waals surface area (Å²) in [7, 11) is 0. The lowest BCUT2D eigenvalue weighted by Gasteiger charge is -2.61. The first-order valence-electron chi connectivity index (χ1n) is 11.9. The molecule has 0 radical (unpaired) electrons. The normalized spacial score (nSPS) is 46.6. The predicted octanol–water partition coefficient (Wildman–Crippen LogP) is 4.98. The summed E-state index contributed by atoms with van der Waals surface area (Å²) in [5.74, 6) is 2.58. The van der Waals surface area contributed by atoms with Gasteiger partial charge in [0, 0.05) is 31.6 Å². The van der Waals surface area contributed by atoms with E-state index in [0.29, 0.717) is 48.8 Å². The number of ketones is 2. The summed E-state index contributed by atoms with van der Waals surface area (Å²) in [6.45, 7) is 8.94. The van der Waals surface area contributed by atoms with Crippen LogP contribution in [0.1, 0.15) is 85.5 Å². The summed E-state index contributed by atoms with van der Waals surface area (Å²) in [6, 6.07) is 0. The van der Waals surface area contributed by atoms with Crippen molar-refractivity contribution in [3.05, 3.63) is 0 Å². The molecule has 4 aliphatic rings. The fourth-order valence-corrected chi connectivity index (χ4v) is 8.37. The van der Waals surface area contributed by atoms with E-state index in [0.717, 1.165) is 38.5 Å². The Kier molecular flexibility index (Phi) is 5.44. The molecule has 162 valence electrons. The number of fused-ring (bicyclic) bond motifs is 5. The maximum atomic E-state index is 13.8. The first-order chi connectivity index (χ1) is 13.7. The Balaban J connectivity index is 1.61. The van der Waals surface area contributed by atoms with Crippen molar-refractivity contribution in [3.63, 3.8) is 0 Å². The van der Waals surface area contributed by atoms with Crippen LogP contribution in [-0.2, 0) is 19.1 Å². The Hall–Kier alpha value is -1.19. The molecule has 0 heterocycles. The smallest absolute Gasteiger partial charge is 0.302 e. The highest BCUT2D eigenvalue weighted by Crippen LogP contribution is 2.67. The van der Waals surface area contributed by atoms with Crippen LogP contribution in [0.4, 0.5) is 0 Å². The molecule has 0 aromatic carbocycles. The molecule has 0 amide bonds. The number of Topliss-reactive ketones (excluding diaryl/α,β-unsaturated/α-hetero) is 2. The van der Waals surface area contributed by atoms with Gasteiger partial charge in [-0.2, -0.15) is 0 Å². The zero-order valence-corrected chi connectivity index (χ0v) is 18.7. The van der Waals surface area contributed by atoms with Crippen molar-refractivity contribution in [2.45, 2.75) is 85.5 Å². The van der Waals surface area contributed by atoms with Crippen molar-refractivity contribution >= 4 is 17.5 Å². The van der Waals surface area contributed by atoms with Crippen LogP contribution >= 0.6 is 0 Å². The van der Waals surface area contributed by atoms with Crippen molar-refractivity contribution in [3.8, 4) is 0 Å². The Morgan fingerprint density at radius 3 is 2.45 bits per heavy atom. The Bertz CT molecular complexity index is 699. The number of hydrogen-bond acceptors (Lipinski definition) is 4. The number of rotatable bonds is 4. The zero-order valence-electron chi connectivity index (χ0n) is 18.7. The SMILES string of the molecule is CC[C@@H]1C(=O)C2C3CC[C@H](CCOC(C)=O)[C@@]3(C)CCC2[C@@]2(C)CCC(=O)C[C@@H]12. The quantitative estimate of drug-likeness (QED) is 0.622. The minimum atomic E-state index is -0.201. The monoisotopic (exact) mass is 402 g/mol. The van der Waals surface area contributed by atoms with Crippen molar-refractivity contribution < 1.29 is 19.1 Å². The van der Waals surface area contributed by atoms with Gasteiger partial charge in [0.25, 0.3) is 0 Å². The van der Waals surface area contributed by atoms with Gasteiger partial charge in [-0.3, -0.25) is 14.4 Å². The summed E-state index contributed by atoms with van der Waals surface area (Å²) in [4.78, 5) is 37.3. The predicted molar refractivity (Wildman–Crippen MR) is 111 cm³/mol. The van der Waals surface area contributed by atoms with Crippen LogP contribution in [0.15, 0.2) is 0 Å². The van der Waals surface area contributed by atoms with Gasteiger partial charge >= 0.3 is 5.97 Å². The number of hydrogen-bond donors (Lipinski definition) is 0. The molecule has 4 saturated carbocycles. The Labute approximate surface area is 175 Å². The lowest BCUT2D eigenvalue weighted by atomic mass is 9.42. The van der Waals surface area contributed by atoms with Crippen molar-refractivity contribution in [1.82, 2.24) is 0 Å². The molecule has 0 spiro atoms. The number of carbonyl (C=O) groups is 3. The van der Waals surface area contributed by atoms with Gasteiger partial charge in [-0.05, 0) is 79.4 Å². The van der Waals surface area contributed by atoms with E-state index < -0.39 is 0 Å². The number of ether oxygens (including phenoxy) is 1. The Morgan fingerprint density at radius 2 is 1.76 bits per heavy atom. The molecule has 8 atom stereocenters. The van der Waals surface area contributed by atoms with Crippen LogP contribution in [0.25, 0.3) is 0 Å². The molecule has 0 aliphatic heterocycles. The summed E-state index contributed by atoms with van der Waals surface area (Å²) in [5, 5.41) is 0. The molecule has 0 saturated heterocycles. The molecular weight excluding hydrogens is 364 g/mol. The van der Waals surface area contributed by atoms with Gasteiger partial charge in [0.05, 0.1) is 6.61 Å². The van der Waals surface area contributed by atoms with E-state index in [4.69, 9.17) is 4.74 Å². The van der Waals surface area contributed by atoms with Gasteiger partial charge in [-0.25, -0.2) is 0 Å². The first kappa shape index (κ1) is 21.1. The van der Waals surface area contributed by atoms with Gasteiger partial charge in [0.15, 0.2) is 0 Å². The van der Waals surface area contributed by atoms with Crippen molar-refractivity contribution in [1.29, 1.82) is 0 Å². The van der Waals surface area contributed by atoms with E-state index in [2.05, 4.69) is 20.8 Å². The summed E-state index contributed by atoms with van der Waals surface area (Å²) in [6.07, 6.45) is 8.65. The maximum Gasteiger partial charge on any atom is 0.302 e. The van der Waals surface area contributed by atoms with Gasteiger partial charge in [0.1, 0.15) is 11.6 Å². The van der Waals surface area contributed by atoms with Crippen LogP contribution < -0.4 is 0 Å². The molecule has 4 aliphatic carbocycles. The molecule has 29 heavy (non-hydrogen) atoms. The molecule has 4 fully saturated rings. The Morgan fingerprint density at radius 1 is 1.03 bits per heavy atom. The topological polar surface area (TPSA) is 60.4 Å². The van der Waals surface area contributed by atoms with Gasteiger partial charge in [0.2, 0.25) is 0 Å². The summed E-state index contributed by atoms with van der Waals surface area (Å²) in [5.41, 5.74) is 0.327. The van der Waals surface area contributed by atoms with Crippen molar-refractivity contribution in [2.24, 2.45) is 46.3 Å². The van der Waals surface area contributed by atoms with Gasteiger partial charge < -0.3 is 4.74 Å². The van der Waals surface area contributed by atoms with E-state index in [1.165, 1.54) is 13.3 Å². The average molecular weight is 403 g/mol. The maximum absolute atomic E-state index is 13.8. The lowest BCUT2D eigenvalue weighted by Crippen LogP contribution is -2.60. The standard InChI is InChI=1S/C25H38O4/c1-5-18-21-14-17(27)8-11-25(21,4)20-9-12-24(3)16(10-13-29-15(2)26)6-7-19(24)22(20)23(18)28/h16,18-22H,5-14H2,1-4H3/t16-,18+,19?,20?,21+,22?,24-,25-/m1/s1. The van der Waals surface area contributed by atoms with E-state index in [9.17, 15) is 14.4 Å². The highest BCUT2D eigenvalue weighted by atomic mass is 16.5. The molecule has 3 unspecified atom stereocenters. The number of esters is 1. The van der Waals surface area contributed by atoms with E-state index in [1.807, 2.05) is 0 Å².